The number of carbonyl (C=O) groups excluding carboxylic acids is 3. The molecule has 25 heavy (non-hydrogen) atoms. The number of rotatable bonds is 7. The van der Waals surface area contributed by atoms with Crippen molar-refractivity contribution in [3.8, 4) is 0 Å². The highest BCUT2D eigenvalue weighted by Gasteiger charge is 2.13. The molecule has 0 aliphatic rings. The van der Waals surface area contributed by atoms with Gasteiger partial charge in [-0.1, -0.05) is 19.1 Å². The highest BCUT2D eigenvalue weighted by Crippen LogP contribution is 2.15. The van der Waals surface area contributed by atoms with E-state index in [9.17, 15) is 14.4 Å². The van der Waals surface area contributed by atoms with Gasteiger partial charge in [0.1, 0.15) is 5.52 Å². The van der Waals surface area contributed by atoms with Gasteiger partial charge in [0.05, 0.1) is 6.42 Å². The molecule has 0 saturated heterocycles. The SMILES string of the molecule is CC[C@H](C)NC(=O)NC(=O)COC(=O)CCc1nc2ccccc2o1. The number of urea groups is 1. The molecule has 134 valence electrons. The summed E-state index contributed by atoms with van der Waals surface area (Å²) in [5.41, 5.74) is 1.37. The van der Waals surface area contributed by atoms with E-state index in [-0.39, 0.29) is 18.9 Å². The fourth-order valence-electron chi connectivity index (χ4n) is 1.98. The lowest BCUT2D eigenvalue weighted by Gasteiger charge is -2.11. The number of fused-ring (bicyclic) bond motifs is 1. The number of ether oxygens (including phenoxy) is 1. The first-order valence-electron chi connectivity index (χ1n) is 8.08. The van der Waals surface area contributed by atoms with Crippen LogP contribution in [0.5, 0.6) is 0 Å². The number of carbonyl (C=O) groups is 3. The van der Waals surface area contributed by atoms with E-state index in [1.54, 1.807) is 6.07 Å². The number of oxazole rings is 1. The summed E-state index contributed by atoms with van der Waals surface area (Å²) in [4.78, 5) is 38.9. The minimum Gasteiger partial charge on any atom is -0.456 e. The van der Waals surface area contributed by atoms with E-state index >= 15 is 0 Å². The third kappa shape index (κ3) is 5.91. The van der Waals surface area contributed by atoms with Crippen LogP contribution >= 0.6 is 0 Å². The summed E-state index contributed by atoms with van der Waals surface area (Å²) >= 11 is 0. The van der Waals surface area contributed by atoms with Gasteiger partial charge in [-0.2, -0.15) is 0 Å². The molecule has 0 aliphatic heterocycles. The Bertz CT molecular complexity index is 723. The molecule has 0 saturated carbocycles. The zero-order valence-corrected chi connectivity index (χ0v) is 14.2. The summed E-state index contributed by atoms with van der Waals surface area (Å²) in [6.07, 6.45) is 1.04. The second-order valence-electron chi connectivity index (χ2n) is 5.57. The van der Waals surface area contributed by atoms with Crippen LogP contribution in [-0.2, 0) is 20.7 Å². The number of aromatic nitrogens is 1. The van der Waals surface area contributed by atoms with E-state index in [0.717, 1.165) is 11.9 Å². The molecule has 0 unspecified atom stereocenters. The first-order valence-corrected chi connectivity index (χ1v) is 8.08. The van der Waals surface area contributed by atoms with Gasteiger partial charge in [-0.05, 0) is 25.5 Å². The van der Waals surface area contributed by atoms with Crippen molar-refractivity contribution in [2.45, 2.75) is 39.2 Å². The predicted molar refractivity (Wildman–Crippen MR) is 89.7 cm³/mol. The molecule has 1 heterocycles. The van der Waals surface area contributed by atoms with Crippen LogP contribution in [0.2, 0.25) is 0 Å². The molecule has 8 heteroatoms. The minimum absolute atomic E-state index is 0.0270. The molecule has 0 fully saturated rings. The lowest BCUT2D eigenvalue weighted by atomic mass is 10.3. The molecule has 0 aliphatic carbocycles. The Kier molecular flexibility index (Phi) is 6.50. The Hall–Kier alpha value is -2.90. The van der Waals surface area contributed by atoms with Crippen LogP contribution in [0.4, 0.5) is 4.79 Å². The van der Waals surface area contributed by atoms with E-state index in [1.165, 1.54) is 0 Å². The number of amides is 3. The van der Waals surface area contributed by atoms with Crippen LogP contribution in [-0.4, -0.2) is 35.5 Å². The highest BCUT2D eigenvalue weighted by atomic mass is 16.5. The lowest BCUT2D eigenvalue weighted by Crippen LogP contribution is -2.44. The number of benzene rings is 1. The average molecular weight is 347 g/mol. The summed E-state index contributed by atoms with van der Waals surface area (Å²) in [5, 5.41) is 4.67. The number of hydrogen-bond acceptors (Lipinski definition) is 6. The topological polar surface area (TPSA) is 111 Å². The van der Waals surface area contributed by atoms with Crippen LogP contribution in [0.3, 0.4) is 0 Å². The van der Waals surface area contributed by atoms with Crippen molar-refractivity contribution in [2.24, 2.45) is 0 Å². The van der Waals surface area contributed by atoms with Crippen molar-refractivity contribution < 1.29 is 23.5 Å². The zero-order valence-electron chi connectivity index (χ0n) is 14.2. The molecule has 8 nitrogen and oxygen atoms in total. The maximum absolute atomic E-state index is 11.7. The van der Waals surface area contributed by atoms with Gasteiger partial charge in [0, 0.05) is 12.5 Å². The maximum atomic E-state index is 11.7. The number of para-hydroxylation sites is 2. The third-order valence-electron chi connectivity index (χ3n) is 3.49. The molecule has 1 atom stereocenters. The second-order valence-corrected chi connectivity index (χ2v) is 5.57. The Morgan fingerprint density at radius 1 is 1.28 bits per heavy atom. The van der Waals surface area contributed by atoms with Crippen molar-refractivity contribution in [3.05, 3.63) is 30.2 Å². The Morgan fingerprint density at radius 3 is 2.76 bits per heavy atom. The molecule has 2 rings (SSSR count). The standard InChI is InChI=1S/C17H21N3O5/c1-3-11(2)18-17(23)20-14(21)10-24-16(22)9-8-15-19-12-6-4-5-7-13(12)25-15/h4-7,11H,3,8-10H2,1-2H3,(H2,18,20,21,23)/t11-/m0/s1. The van der Waals surface area contributed by atoms with Gasteiger partial charge in [-0.3, -0.25) is 14.9 Å². The molecule has 3 amide bonds. The van der Waals surface area contributed by atoms with Gasteiger partial charge in [0.15, 0.2) is 18.1 Å². The van der Waals surface area contributed by atoms with Crippen molar-refractivity contribution >= 4 is 29.0 Å². The first kappa shape index (κ1) is 18.4. The van der Waals surface area contributed by atoms with Crippen molar-refractivity contribution in [1.82, 2.24) is 15.6 Å². The monoisotopic (exact) mass is 347 g/mol. The molecule has 0 bridgehead atoms. The predicted octanol–water partition coefficient (Wildman–Crippen LogP) is 1.93. The fourth-order valence-corrected chi connectivity index (χ4v) is 1.98. The Morgan fingerprint density at radius 2 is 2.04 bits per heavy atom. The molecule has 2 aromatic rings. The molecule has 1 aromatic carbocycles. The number of hydrogen-bond donors (Lipinski definition) is 2. The van der Waals surface area contributed by atoms with Crippen molar-refractivity contribution in [2.75, 3.05) is 6.61 Å². The Balaban J connectivity index is 1.69. The van der Waals surface area contributed by atoms with E-state index in [2.05, 4.69) is 15.6 Å². The number of nitrogens with one attached hydrogen (secondary N) is 2. The van der Waals surface area contributed by atoms with Gasteiger partial charge in [-0.15, -0.1) is 0 Å². The summed E-state index contributed by atoms with van der Waals surface area (Å²) in [6, 6.07) is 6.63. The van der Waals surface area contributed by atoms with E-state index < -0.39 is 24.5 Å². The van der Waals surface area contributed by atoms with Crippen LogP contribution in [0.15, 0.2) is 28.7 Å². The van der Waals surface area contributed by atoms with Gasteiger partial charge in [0.2, 0.25) is 0 Å². The molecule has 0 radical (unpaired) electrons. The normalized spacial score (nSPS) is 11.8. The largest absolute Gasteiger partial charge is 0.456 e. The summed E-state index contributed by atoms with van der Waals surface area (Å²) in [6.45, 7) is 3.21. The zero-order chi connectivity index (χ0) is 18.2. The smallest absolute Gasteiger partial charge is 0.321 e. The molecule has 1 aromatic heterocycles. The van der Waals surface area contributed by atoms with Crippen LogP contribution < -0.4 is 10.6 Å². The average Bonchev–Trinajstić information content (AvgIpc) is 3.00. The molecular weight excluding hydrogens is 326 g/mol. The summed E-state index contributed by atoms with van der Waals surface area (Å²) < 4.78 is 10.3. The first-order chi connectivity index (χ1) is 12.0. The highest BCUT2D eigenvalue weighted by molar-refractivity contribution is 5.95. The van der Waals surface area contributed by atoms with Crippen molar-refractivity contribution in [3.63, 3.8) is 0 Å². The quantitative estimate of drug-likeness (QED) is 0.741. The van der Waals surface area contributed by atoms with Gasteiger partial charge < -0.3 is 14.5 Å². The number of nitrogens with zero attached hydrogens (tertiary/aromatic N) is 1. The summed E-state index contributed by atoms with van der Waals surface area (Å²) in [5.74, 6) is -0.828. The minimum atomic E-state index is -0.684. The number of esters is 1. The van der Waals surface area contributed by atoms with Crippen LogP contribution in [0, 0.1) is 0 Å². The van der Waals surface area contributed by atoms with E-state index in [4.69, 9.17) is 9.15 Å². The van der Waals surface area contributed by atoms with E-state index in [0.29, 0.717) is 11.5 Å². The fraction of sp³-hybridized carbons (Fsp3) is 0.412. The van der Waals surface area contributed by atoms with E-state index in [1.807, 2.05) is 32.0 Å². The molecular formula is C17H21N3O5. The summed E-state index contributed by atoms with van der Waals surface area (Å²) in [7, 11) is 0. The van der Waals surface area contributed by atoms with Gasteiger partial charge in [-0.25, -0.2) is 9.78 Å². The Labute approximate surface area is 144 Å². The van der Waals surface area contributed by atoms with Crippen molar-refractivity contribution in [1.29, 1.82) is 0 Å². The second kappa shape index (κ2) is 8.81. The third-order valence-corrected chi connectivity index (χ3v) is 3.49. The maximum Gasteiger partial charge on any atom is 0.321 e. The van der Waals surface area contributed by atoms with Gasteiger partial charge in [0.25, 0.3) is 5.91 Å². The number of aryl methyl sites for hydroxylation is 1. The van der Waals surface area contributed by atoms with Crippen LogP contribution in [0.1, 0.15) is 32.6 Å². The number of imide groups is 1. The lowest BCUT2D eigenvalue weighted by molar-refractivity contribution is -0.148. The van der Waals surface area contributed by atoms with Crippen LogP contribution in [0.25, 0.3) is 11.1 Å². The van der Waals surface area contributed by atoms with Gasteiger partial charge >= 0.3 is 12.0 Å². The molecule has 2 N–H and O–H groups in total. The molecule has 0 spiro atoms.